The van der Waals surface area contributed by atoms with Crippen LogP contribution >= 0.6 is 0 Å². The molecule has 0 bridgehead atoms. The van der Waals surface area contributed by atoms with Gasteiger partial charge in [-0.3, -0.25) is 4.79 Å². The van der Waals surface area contributed by atoms with Gasteiger partial charge in [0.25, 0.3) is 0 Å². The molecule has 2 aliphatic heterocycles. The van der Waals surface area contributed by atoms with Crippen LogP contribution in [-0.4, -0.2) is 23.6 Å². The van der Waals surface area contributed by atoms with E-state index in [1.165, 1.54) is 6.08 Å². The molecular formula is C10H12O4. The van der Waals surface area contributed by atoms with Crippen molar-refractivity contribution in [3.8, 4) is 0 Å². The Hall–Kier alpha value is -1.32. The second-order valence-electron chi connectivity index (χ2n) is 3.94. The Morgan fingerprint density at radius 2 is 2.21 bits per heavy atom. The fourth-order valence-electron chi connectivity index (χ4n) is 2.07. The first-order valence-electron chi connectivity index (χ1n) is 4.63. The lowest BCUT2D eigenvalue weighted by Gasteiger charge is -2.29. The van der Waals surface area contributed by atoms with Crippen LogP contribution in [0.4, 0.5) is 0 Å². The van der Waals surface area contributed by atoms with Gasteiger partial charge in [-0.05, 0) is 19.9 Å². The highest BCUT2D eigenvalue weighted by Crippen LogP contribution is 2.37. The van der Waals surface area contributed by atoms with Crippen LogP contribution in [0.25, 0.3) is 0 Å². The van der Waals surface area contributed by atoms with Crippen molar-refractivity contribution in [2.24, 2.45) is 5.92 Å². The van der Waals surface area contributed by atoms with Crippen LogP contribution in [-0.2, 0) is 19.1 Å². The monoisotopic (exact) mass is 196 g/mol. The smallest absolute Gasteiger partial charge is 0.331 e. The fraction of sp³-hybridized carbons (Fsp3) is 0.600. The van der Waals surface area contributed by atoms with E-state index in [1.54, 1.807) is 13.0 Å². The molecule has 1 saturated heterocycles. The molecule has 14 heavy (non-hydrogen) atoms. The van der Waals surface area contributed by atoms with Crippen molar-refractivity contribution >= 4 is 11.9 Å². The zero-order chi connectivity index (χ0) is 10.3. The van der Waals surface area contributed by atoms with E-state index < -0.39 is 5.60 Å². The number of ether oxygens (including phenoxy) is 2. The first-order valence-corrected chi connectivity index (χ1v) is 4.63. The lowest BCUT2D eigenvalue weighted by molar-refractivity contribution is -0.149. The van der Waals surface area contributed by atoms with E-state index >= 15 is 0 Å². The zero-order valence-corrected chi connectivity index (χ0v) is 8.15. The van der Waals surface area contributed by atoms with Gasteiger partial charge in [-0.15, -0.1) is 0 Å². The predicted molar refractivity (Wildman–Crippen MR) is 47.3 cm³/mol. The molecule has 4 nitrogen and oxygen atoms in total. The minimum Gasteiger partial charge on any atom is -0.462 e. The highest BCUT2D eigenvalue weighted by Gasteiger charge is 2.47. The summed E-state index contributed by atoms with van der Waals surface area (Å²) in [6.45, 7) is 3.62. The lowest BCUT2D eigenvalue weighted by atomic mass is 9.84. The van der Waals surface area contributed by atoms with Gasteiger partial charge in [0.15, 0.2) is 0 Å². The topological polar surface area (TPSA) is 52.6 Å². The van der Waals surface area contributed by atoms with E-state index in [0.29, 0.717) is 6.42 Å². The van der Waals surface area contributed by atoms with Crippen molar-refractivity contribution < 1.29 is 19.1 Å². The van der Waals surface area contributed by atoms with Gasteiger partial charge in [0.05, 0.1) is 6.42 Å². The van der Waals surface area contributed by atoms with E-state index in [2.05, 4.69) is 0 Å². The average molecular weight is 196 g/mol. The first kappa shape index (κ1) is 9.24. The summed E-state index contributed by atoms with van der Waals surface area (Å²) in [5.41, 5.74) is -0.678. The van der Waals surface area contributed by atoms with Crippen molar-refractivity contribution in [2.75, 3.05) is 0 Å². The maximum absolute atomic E-state index is 11.1. The summed E-state index contributed by atoms with van der Waals surface area (Å²) in [5.74, 6) is -0.642. The molecule has 1 fully saturated rings. The molecule has 2 heterocycles. The summed E-state index contributed by atoms with van der Waals surface area (Å²) < 4.78 is 10.2. The van der Waals surface area contributed by atoms with Gasteiger partial charge in [-0.25, -0.2) is 4.79 Å². The molecule has 0 aliphatic carbocycles. The lowest BCUT2D eigenvalue weighted by Crippen LogP contribution is -2.37. The largest absolute Gasteiger partial charge is 0.462 e. The third kappa shape index (κ3) is 1.31. The van der Waals surface area contributed by atoms with Gasteiger partial charge in [0.1, 0.15) is 11.7 Å². The number of esters is 2. The minimum absolute atomic E-state index is 0.0716. The standard InChI is InChI=1S/C10H12O4/c1-6-7(5-9(12)13-6)10(2)4-3-8(11)14-10/h3-4,6-7H,5H2,1-2H3/t6-,7+,10-/m0/s1. The van der Waals surface area contributed by atoms with Crippen molar-refractivity contribution in [2.45, 2.75) is 32.0 Å². The van der Waals surface area contributed by atoms with Crippen LogP contribution in [0, 0.1) is 5.92 Å². The molecule has 0 unspecified atom stereocenters. The summed E-state index contributed by atoms with van der Waals surface area (Å²) in [6, 6.07) is 0. The minimum atomic E-state index is -0.678. The van der Waals surface area contributed by atoms with Crippen LogP contribution in [0.1, 0.15) is 20.3 Å². The molecule has 0 radical (unpaired) electrons. The van der Waals surface area contributed by atoms with Gasteiger partial charge in [0, 0.05) is 12.0 Å². The van der Waals surface area contributed by atoms with E-state index in [9.17, 15) is 9.59 Å². The molecule has 2 aliphatic rings. The SMILES string of the molecule is C[C@@H]1OC(=O)C[C@H]1[C@]1(C)C=CC(=O)O1. The molecule has 76 valence electrons. The van der Waals surface area contributed by atoms with E-state index in [1.807, 2.05) is 6.92 Å². The van der Waals surface area contributed by atoms with E-state index in [0.717, 1.165) is 0 Å². The second-order valence-corrected chi connectivity index (χ2v) is 3.94. The second kappa shape index (κ2) is 2.83. The molecule has 0 aromatic rings. The molecule has 0 spiro atoms. The summed E-state index contributed by atoms with van der Waals surface area (Å²) in [6.07, 6.45) is 3.23. The van der Waals surface area contributed by atoms with E-state index in [4.69, 9.17) is 9.47 Å². The Morgan fingerprint density at radius 3 is 2.64 bits per heavy atom. The van der Waals surface area contributed by atoms with Crippen LogP contribution < -0.4 is 0 Å². The maximum Gasteiger partial charge on any atom is 0.331 e. The third-order valence-electron chi connectivity index (χ3n) is 2.88. The van der Waals surface area contributed by atoms with Crippen LogP contribution in [0.3, 0.4) is 0 Å². The number of carbonyl (C=O) groups is 2. The van der Waals surface area contributed by atoms with E-state index in [-0.39, 0.29) is 24.0 Å². The number of rotatable bonds is 1. The number of hydrogen-bond acceptors (Lipinski definition) is 4. The van der Waals surface area contributed by atoms with Crippen LogP contribution in [0.5, 0.6) is 0 Å². The zero-order valence-electron chi connectivity index (χ0n) is 8.15. The fourth-order valence-corrected chi connectivity index (χ4v) is 2.07. The predicted octanol–water partition coefficient (Wildman–Crippen LogP) is 0.810. The van der Waals surface area contributed by atoms with Crippen molar-refractivity contribution in [3.05, 3.63) is 12.2 Å². The van der Waals surface area contributed by atoms with Gasteiger partial charge in [-0.2, -0.15) is 0 Å². The molecular weight excluding hydrogens is 184 g/mol. The summed E-state index contributed by atoms with van der Waals surface area (Å²) in [5, 5.41) is 0. The van der Waals surface area contributed by atoms with Crippen molar-refractivity contribution in [1.82, 2.24) is 0 Å². The van der Waals surface area contributed by atoms with Crippen molar-refractivity contribution in [3.63, 3.8) is 0 Å². The summed E-state index contributed by atoms with van der Waals surface area (Å²) >= 11 is 0. The third-order valence-corrected chi connectivity index (χ3v) is 2.88. The molecule has 3 atom stereocenters. The summed E-state index contributed by atoms with van der Waals surface area (Å²) in [7, 11) is 0. The van der Waals surface area contributed by atoms with Gasteiger partial charge in [-0.1, -0.05) is 0 Å². The molecule has 2 rings (SSSR count). The van der Waals surface area contributed by atoms with Crippen LogP contribution in [0.15, 0.2) is 12.2 Å². The normalized spacial score (nSPS) is 41.3. The summed E-state index contributed by atoms with van der Waals surface area (Å²) in [4.78, 5) is 22.0. The van der Waals surface area contributed by atoms with Gasteiger partial charge in [0.2, 0.25) is 0 Å². The van der Waals surface area contributed by atoms with Gasteiger partial charge < -0.3 is 9.47 Å². The quantitative estimate of drug-likeness (QED) is 0.582. The molecule has 0 N–H and O–H groups in total. The molecule has 4 heteroatoms. The molecule has 0 amide bonds. The highest BCUT2D eigenvalue weighted by molar-refractivity contribution is 5.85. The molecule has 0 aromatic carbocycles. The Balaban J connectivity index is 2.19. The molecule has 0 aromatic heterocycles. The highest BCUT2D eigenvalue weighted by atomic mass is 16.6. The Morgan fingerprint density at radius 1 is 1.50 bits per heavy atom. The van der Waals surface area contributed by atoms with Crippen LogP contribution in [0.2, 0.25) is 0 Å². The Labute approximate surface area is 81.9 Å². The maximum atomic E-state index is 11.1. The Bertz CT molecular complexity index is 320. The first-order chi connectivity index (χ1) is 6.51. The Kier molecular flexibility index (Phi) is 1.87. The number of cyclic esters (lactones) is 2. The van der Waals surface area contributed by atoms with Gasteiger partial charge >= 0.3 is 11.9 Å². The number of hydrogen-bond donors (Lipinski definition) is 0. The van der Waals surface area contributed by atoms with Crippen molar-refractivity contribution in [1.29, 1.82) is 0 Å². The average Bonchev–Trinajstić information content (AvgIpc) is 2.57. The molecule has 0 saturated carbocycles. The number of carbonyl (C=O) groups excluding carboxylic acids is 2.